The third kappa shape index (κ3) is 4.45. The Morgan fingerprint density at radius 3 is 2.58 bits per heavy atom. The highest BCUT2D eigenvalue weighted by Gasteiger charge is 2.15. The van der Waals surface area contributed by atoms with Crippen LogP contribution in [0.2, 0.25) is 5.02 Å². The summed E-state index contributed by atoms with van der Waals surface area (Å²) in [6, 6.07) is 33.0. The molecule has 3 aromatic heterocycles. The van der Waals surface area contributed by atoms with Crippen molar-refractivity contribution in [2.45, 2.75) is 6.61 Å². The Morgan fingerprint density at radius 2 is 1.70 bits per heavy atom. The fraction of sp³-hybridized carbons (Fsp3) is 0.0312. The lowest BCUT2D eigenvalue weighted by Crippen LogP contribution is -2.22. The first-order chi connectivity index (χ1) is 19.6. The molecule has 0 spiro atoms. The van der Waals surface area contributed by atoms with E-state index in [1.165, 1.54) is 11.3 Å². The van der Waals surface area contributed by atoms with Crippen LogP contribution in [-0.4, -0.2) is 19.2 Å². The number of nitrogens with zero attached hydrogens (tertiary/aromatic N) is 4. The maximum absolute atomic E-state index is 13.5. The van der Waals surface area contributed by atoms with Crippen molar-refractivity contribution >= 4 is 45.0 Å². The first-order valence-electron chi connectivity index (χ1n) is 12.7. The maximum atomic E-state index is 13.5. The molecule has 0 aliphatic heterocycles. The number of rotatable bonds is 6. The van der Waals surface area contributed by atoms with E-state index >= 15 is 0 Å². The first kappa shape index (κ1) is 24.3. The molecule has 8 heteroatoms. The van der Waals surface area contributed by atoms with Gasteiger partial charge in [-0.3, -0.25) is 4.79 Å². The summed E-state index contributed by atoms with van der Waals surface area (Å²) in [5.41, 5.74) is 5.78. The molecule has 0 N–H and O–H groups in total. The van der Waals surface area contributed by atoms with Gasteiger partial charge in [-0.15, -0.1) is 0 Å². The van der Waals surface area contributed by atoms with E-state index in [2.05, 4.69) is 4.98 Å². The van der Waals surface area contributed by atoms with E-state index in [9.17, 15) is 4.79 Å². The third-order valence-electron chi connectivity index (χ3n) is 6.65. The molecule has 3 heterocycles. The number of thiazole rings is 1. The molecule has 7 rings (SSSR count). The van der Waals surface area contributed by atoms with E-state index in [1.807, 2.05) is 120 Å². The molecule has 0 bridgehead atoms. The summed E-state index contributed by atoms with van der Waals surface area (Å²) < 4.78 is 10.2. The number of aromatic nitrogens is 4. The van der Waals surface area contributed by atoms with Gasteiger partial charge in [0.25, 0.3) is 5.56 Å². The van der Waals surface area contributed by atoms with Gasteiger partial charge in [-0.1, -0.05) is 83.6 Å². The summed E-state index contributed by atoms with van der Waals surface area (Å²) in [6.07, 6.45) is 3.84. The van der Waals surface area contributed by atoms with E-state index in [4.69, 9.17) is 21.4 Å². The molecule has 194 valence electrons. The zero-order valence-corrected chi connectivity index (χ0v) is 22.6. The monoisotopic (exact) mass is 560 g/mol. The number of ether oxygens (including phenoxy) is 1. The summed E-state index contributed by atoms with van der Waals surface area (Å²) in [6.45, 7) is 0.350. The molecule has 0 aliphatic carbocycles. The number of hydrogen-bond acceptors (Lipinski definition) is 5. The number of imidazole rings is 1. The highest BCUT2D eigenvalue weighted by molar-refractivity contribution is 7.15. The van der Waals surface area contributed by atoms with Crippen molar-refractivity contribution in [1.82, 2.24) is 19.2 Å². The SMILES string of the molecule is O=c1/c(=C/c2cn(-c3ccccc3)nc2-c2cccc(OCc3ccccc3Cl)c2)sc2nc3ccccc3n12. The Kier molecular flexibility index (Phi) is 6.15. The van der Waals surface area contributed by atoms with Crippen molar-refractivity contribution in [3.05, 3.63) is 140 Å². The van der Waals surface area contributed by atoms with Crippen LogP contribution in [0.15, 0.2) is 114 Å². The Bertz CT molecular complexity index is 2110. The molecule has 0 atom stereocenters. The minimum Gasteiger partial charge on any atom is -0.489 e. The van der Waals surface area contributed by atoms with Crippen molar-refractivity contribution in [3.8, 4) is 22.7 Å². The van der Waals surface area contributed by atoms with Crippen LogP contribution in [-0.2, 0) is 6.61 Å². The number of benzene rings is 4. The van der Waals surface area contributed by atoms with Gasteiger partial charge >= 0.3 is 0 Å². The lowest BCUT2D eigenvalue weighted by molar-refractivity contribution is 0.306. The molecule has 0 saturated heterocycles. The Morgan fingerprint density at radius 1 is 0.900 bits per heavy atom. The molecule has 0 fully saturated rings. The zero-order valence-electron chi connectivity index (χ0n) is 21.1. The van der Waals surface area contributed by atoms with Crippen LogP contribution in [0.25, 0.3) is 39.0 Å². The summed E-state index contributed by atoms with van der Waals surface area (Å²) in [4.78, 5) is 18.8. The second-order valence-electron chi connectivity index (χ2n) is 9.26. The molecule has 6 nitrogen and oxygen atoms in total. The first-order valence-corrected chi connectivity index (χ1v) is 13.9. The van der Waals surface area contributed by atoms with Gasteiger partial charge in [-0.05, 0) is 48.5 Å². The normalized spacial score (nSPS) is 12.0. The van der Waals surface area contributed by atoms with E-state index in [-0.39, 0.29) is 5.56 Å². The predicted molar refractivity (Wildman–Crippen MR) is 160 cm³/mol. The summed E-state index contributed by atoms with van der Waals surface area (Å²) >= 11 is 7.69. The lowest BCUT2D eigenvalue weighted by Gasteiger charge is -2.09. The van der Waals surface area contributed by atoms with Crippen molar-refractivity contribution < 1.29 is 4.74 Å². The van der Waals surface area contributed by atoms with Crippen molar-refractivity contribution in [1.29, 1.82) is 0 Å². The largest absolute Gasteiger partial charge is 0.489 e. The van der Waals surface area contributed by atoms with Gasteiger partial charge in [0.1, 0.15) is 18.1 Å². The van der Waals surface area contributed by atoms with Crippen LogP contribution in [0, 0.1) is 0 Å². The molecule has 40 heavy (non-hydrogen) atoms. The van der Waals surface area contributed by atoms with Crippen LogP contribution in [0.4, 0.5) is 0 Å². The van der Waals surface area contributed by atoms with E-state index in [0.29, 0.717) is 26.9 Å². The van der Waals surface area contributed by atoms with Crippen LogP contribution in [0.5, 0.6) is 5.75 Å². The molecule has 7 aromatic rings. The Balaban J connectivity index is 1.33. The second-order valence-corrected chi connectivity index (χ2v) is 10.7. The maximum Gasteiger partial charge on any atom is 0.274 e. The van der Waals surface area contributed by atoms with Gasteiger partial charge in [0.05, 0.1) is 21.3 Å². The molecular formula is C32H21ClN4O2S. The van der Waals surface area contributed by atoms with Crippen molar-refractivity contribution in [2.24, 2.45) is 0 Å². The van der Waals surface area contributed by atoms with Gasteiger partial charge in [0, 0.05) is 27.9 Å². The second kappa shape index (κ2) is 10.1. The number of hydrogen-bond donors (Lipinski definition) is 0. The molecule has 0 unspecified atom stereocenters. The van der Waals surface area contributed by atoms with Crippen LogP contribution < -0.4 is 14.8 Å². The molecular weight excluding hydrogens is 540 g/mol. The van der Waals surface area contributed by atoms with Crippen molar-refractivity contribution in [3.63, 3.8) is 0 Å². The standard InChI is InChI=1S/C32H21ClN4O2S/c33-26-14-5-4-9-22(26)20-39-25-13-8-10-21(17-25)30-23(19-36(35-30)24-11-2-1-3-12-24)18-29-31(38)37-28-16-7-6-15-27(28)34-32(37)40-29/h1-19H,20H2/b29-18-. The predicted octanol–water partition coefficient (Wildman–Crippen LogP) is 6.54. The summed E-state index contributed by atoms with van der Waals surface area (Å²) in [7, 11) is 0. The minimum absolute atomic E-state index is 0.0936. The summed E-state index contributed by atoms with van der Waals surface area (Å²) in [5, 5.41) is 5.60. The minimum atomic E-state index is -0.0936. The highest BCUT2D eigenvalue weighted by atomic mass is 35.5. The van der Waals surface area contributed by atoms with E-state index in [1.54, 1.807) is 4.40 Å². The van der Waals surface area contributed by atoms with Gasteiger partial charge in [-0.25, -0.2) is 14.1 Å². The highest BCUT2D eigenvalue weighted by Crippen LogP contribution is 2.28. The van der Waals surface area contributed by atoms with Gasteiger partial charge in [0.15, 0.2) is 4.96 Å². The lowest BCUT2D eigenvalue weighted by atomic mass is 10.1. The Labute approximate surface area is 238 Å². The van der Waals surface area contributed by atoms with Crippen LogP contribution in [0.3, 0.4) is 0 Å². The van der Waals surface area contributed by atoms with Gasteiger partial charge < -0.3 is 4.74 Å². The number of fused-ring (bicyclic) bond motifs is 3. The average molecular weight is 561 g/mol. The Hall–Kier alpha value is -4.72. The molecule has 0 radical (unpaired) electrons. The fourth-order valence-corrected chi connectivity index (χ4v) is 5.86. The average Bonchev–Trinajstić information content (AvgIpc) is 3.66. The zero-order chi connectivity index (χ0) is 27.1. The quantitative estimate of drug-likeness (QED) is 0.232. The van der Waals surface area contributed by atoms with Crippen molar-refractivity contribution in [2.75, 3.05) is 0 Å². The van der Waals surface area contributed by atoms with E-state index < -0.39 is 0 Å². The number of para-hydroxylation sites is 3. The molecule has 0 aliphatic rings. The topological polar surface area (TPSA) is 61.4 Å². The fourth-order valence-electron chi connectivity index (χ4n) is 4.69. The van der Waals surface area contributed by atoms with Gasteiger partial charge in [0.2, 0.25) is 0 Å². The smallest absolute Gasteiger partial charge is 0.274 e. The number of halogens is 1. The van der Waals surface area contributed by atoms with E-state index in [0.717, 1.165) is 39.1 Å². The molecule has 4 aromatic carbocycles. The third-order valence-corrected chi connectivity index (χ3v) is 7.99. The van der Waals surface area contributed by atoms with Gasteiger partial charge in [-0.2, -0.15) is 5.10 Å². The molecule has 0 amide bonds. The summed E-state index contributed by atoms with van der Waals surface area (Å²) in [5.74, 6) is 0.697. The van der Waals surface area contributed by atoms with Crippen LogP contribution in [0.1, 0.15) is 11.1 Å². The molecule has 0 saturated carbocycles. The van der Waals surface area contributed by atoms with Crippen LogP contribution >= 0.6 is 22.9 Å².